The van der Waals surface area contributed by atoms with Crippen LogP contribution >= 0.6 is 11.8 Å². The van der Waals surface area contributed by atoms with Crippen LogP contribution in [0.15, 0.2) is 0 Å². The van der Waals surface area contributed by atoms with E-state index in [1.54, 1.807) is 0 Å². The Hall–Kier alpha value is -0.220. The van der Waals surface area contributed by atoms with E-state index in [0.717, 1.165) is 6.54 Å². The third-order valence-electron chi connectivity index (χ3n) is 2.71. The first-order valence-corrected chi connectivity index (χ1v) is 6.45. The summed E-state index contributed by atoms with van der Waals surface area (Å²) in [6.45, 7) is 3.14. The second-order valence-electron chi connectivity index (χ2n) is 3.94. The number of hydrogen-bond donors (Lipinski definition) is 2. The van der Waals surface area contributed by atoms with Crippen molar-refractivity contribution in [2.24, 2.45) is 17.6 Å². The molecule has 1 fully saturated rings. The van der Waals surface area contributed by atoms with Crippen LogP contribution in [0.3, 0.4) is 0 Å². The maximum atomic E-state index is 11.4. The van der Waals surface area contributed by atoms with Crippen molar-refractivity contribution in [3.63, 3.8) is 0 Å². The molecule has 0 saturated carbocycles. The smallest absolute Gasteiger partial charge is 0.224 e. The van der Waals surface area contributed by atoms with Crippen molar-refractivity contribution >= 4 is 17.7 Å². The number of hydrogen-bond acceptors (Lipinski definition) is 3. The minimum Gasteiger partial charge on any atom is -0.356 e. The van der Waals surface area contributed by atoms with E-state index in [1.807, 2.05) is 18.7 Å². The third-order valence-corrected chi connectivity index (χ3v) is 3.76. The largest absolute Gasteiger partial charge is 0.356 e. The van der Waals surface area contributed by atoms with Gasteiger partial charge in [0.2, 0.25) is 5.91 Å². The molecule has 0 spiro atoms. The zero-order chi connectivity index (χ0) is 10.4. The fourth-order valence-electron chi connectivity index (χ4n) is 1.48. The summed E-state index contributed by atoms with van der Waals surface area (Å²) in [5.74, 6) is 3.23. The Kier molecular flexibility index (Phi) is 5.33. The van der Waals surface area contributed by atoms with Crippen molar-refractivity contribution in [1.82, 2.24) is 5.32 Å². The molecule has 0 aromatic rings. The van der Waals surface area contributed by atoms with Crippen molar-refractivity contribution in [2.45, 2.75) is 19.8 Å². The van der Waals surface area contributed by atoms with Crippen molar-refractivity contribution in [3.8, 4) is 0 Å². The predicted molar refractivity (Wildman–Crippen MR) is 61.3 cm³/mol. The first kappa shape index (κ1) is 11.9. The molecule has 1 saturated heterocycles. The Morgan fingerprint density at radius 2 is 2.21 bits per heavy atom. The van der Waals surface area contributed by atoms with Gasteiger partial charge in [0.05, 0.1) is 0 Å². The van der Waals surface area contributed by atoms with Gasteiger partial charge < -0.3 is 11.1 Å². The summed E-state index contributed by atoms with van der Waals surface area (Å²) in [7, 11) is 0. The molecule has 0 aromatic heterocycles. The highest BCUT2D eigenvalue weighted by atomic mass is 32.2. The van der Waals surface area contributed by atoms with Crippen LogP contribution in [0, 0.1) is 11.8 Å². The molecular weight excluding hydrogens is 196 g/mol. The van der Waals surface area contributed by atoms with Crippen molar-refractivity contribution in [1.29, 1.82) is 0 Å². The van der Waals surface area contributed by atoms with Gasteiger partial charge in [-0.2, -0.15) is 11.8 Å². The van der Waals surface area contributed by atoms with E-state index in [9.17, 15) is 4.79 Å². The number of carbonyl (C=O) groups excluding carboxylic acids is 1. The Morgan fingerprint density at radius 1 is 1.57 bits per heavy atom. The van der Waals surface area contributed by atoms with Gasteiger partial charge in [-0.1, -0.05) is 6.92 Å². The van der Waals surface area contributed by atoms with Gasteiger partial charge in [-0.3, -0.25) is 4.79 Å². The van der Waals surface area contributed by atoms with Crippen LogP contribution in [-0.2, 0) is 4.79 Å². The lowest BCUT2D eigenvalue weighted by Gasteiger charge is -2.22. The first-order chi connectivity index (χ1) is 6.74. The lowest BCUT2D eigenvalue weighted by Crippen LogP contribution is -2.37. The Bertz CT molecular complexity index is 181. The van der Waals surface area contributed by atoms with E-state index in [1.165, 1.54) is 24.3 Å². The molecule has 1 atom stereocenters. The molecule has 3 nitrogen and oxygen atoms in total. The average molecular weight is 216 g/mol. The monoisotopic (exact) mass is 216 g/mol. The molecule has 1 heterocycles. The van der Waals surface area contributed by atoms with Gasteiger partial charge in [0, 0.05) is 19.0 Å². The number of carbonyl (C=O) groups is 1. The number of thioether (sulfide) groups is 1. The van der Waals surface area contributed by atoms with Gasteiger partial charge in [-0.05, 0) is 30.3 Å². The summed E-state index contributed by atoms with van der Waals surface area (Å²) >= 11 is 2.01. The molecule has 1 amide bonds. The summed E-state index contributed by atoms with van der Waals surface area (Å²) < 4.78 is 0. The molecule has 14 heavy (non-hydrogen) atoms. The fourth-order valence-corrected chi connectivity index (χ4v) is 2.68. The number of nitrogens with two attached hydrogens (primary N) is 1. The van der Waals surface area contributed by atoms with E-state index in [2.05, 4.69) is 5.32 Å². The van der Waals surface area contributed by atoms with E-state index in [-0.39, 0.29) is 11.8 Å². The van der Waals surface area contributed by atoms with Crippen molar-refractivity contribution in [2.75, 3.05) is 24.6 Å². The predicted octanol–water partition coefficient (Wildman–Crippen LogP) is 0.841. The number of rotatable bonds is 4. The Labute approximate surface area is 90.2 Å². The Morgan fingerprint density at radius 3 is 2.79 bits per heavy atom. The zero-order valence-corrected chi connectivity index (χ0v) is 9.61. The van der Waals surface area contributed by atoms with Gasteiger partial charge in [-0.15, -0.1) is 0 Å². The minimum atomic E-state index is -0.0482. The summed E-state index contributed by atoms with van der Waals surface area (Å²) in [5.41, 5.74) is 5.42. The molecule has 0 radical (unpaired) electrons. The molecule has 82 valence electrons. The van der Waals surface area contributed by atoms with Gasteiger partial charge in [0.15, 0.2) is 0 Å². The molecule has 4 heteroatoms. The summed E-state index contributed by atoms with van der Waals surface area (Å²) in [6.07, 6.45) is 2.48. The van der Waals surface area contributed by atoms with Crippen LogP contribution in [0.1, 0.15) is 19.8 Å². The van der Waals surface area contributed by atoms with E-state index < -0.39 is 0 Å². The van der Waals surface area contributed by atoms with Crippen LogP contribution in [0.4, 0.5) is 0 Å². The molecule has 1 aliphatic heterocycles. The Balaban J connectivity index is 2.15. The van der Waals surface area contributed by atoms with Crippen LogP contribution in [0.5, 0.6) is 0 Å². The van der Waals surface area contributed by atoms with E-state index in [0.29, 0.717) is 12.5 Å². The standard InChI is InChI=1S/C10H20N2OS/c1-8(6-11)10(13)12-7-9-2-4-14-5-3-9/h8-9H,2-7,11H2,1H3,(H,12,13). The van der Waals surface area contributed by atoms with Gasteiger partial charge in [-0.25, -0.2) is 0 Å². The van der Waals surface area contributed by atoms with E-state index >= 15 is 0 Å². The highest BCUT2D eigenvalue weighted by Gasteiger charge is 2.16. The first-order valence-electron chi connectivity index (χ1n) is 5.29. The third kappa shape index (κ3) is 3.88. The van der Waals surface area contributed by atoms with Gasteiger partial charge in [0.1, 0.15) is 0 Å². The van der Waals surface area contributed by atoms with Crippen LogP contribution < -0.4 is 11.1 Å². The highest BCUT2D eigenvalue weighted by molar-refractivity contribution is 7.99. The lowest BCUT2D eigenvalue weighted by atomic mass is 10.0. The quantitative estimate of drug-likeness (QED) is 0.732. The van der Waals surface area contributed by atoms with Crippen molar-refractivity contribution in [3.05, 3.63) is 0 Å². The molecule has 0 bridgehead atoms. The molecule has 1 aliphatic rings. The zero-order valence-electron chi connectivity index (χ0n) is 8.79. The second kappa shape index (κ2) is 6.30. The molecule has 3 N–H and O–H groups in total. The number of nitrogens with one attached hydrogen (secondary N) is 1. The van der Waals surface area contributed by atoms with Crippen LogP contribution in [0.2, 0.25) is 0 Å². The minimum absolute atomic E-state index is 0.0482. The molecule has 0 aromatic carbocycles. The maximum Gasteiger partial charge on any atom is 0.224 e. The normalized spacial score (nSPS) is 20.4. The molecule has 1 unspecified atom stereocenters. The highest BCUT2D eigenvalue weighted by Crippen LogP contribution is 2.21. The molecular formula is C10H20N2OS. The van der Waals surface area contributed by atoms with Gasteiger partial charge >= 0.3 is 0 Å². The topological polar surface area (TPSA) is 55.1 Å². The van der Waals surface area contributed by atoms with Crippen LogP contribution in [0.25, 0.3) is 0 Å². The lowest BCUT2D eigenvalue weighted by molar-refractivity contribution is -0.124. The summed E-state index contributed by atoms with van der Waals surface area (Å²) in [5, 5.41) is 2.97. The average Bonchev–Trinajstić information content (AvgIpc) is 2.26. The molecule has 0 aliphatic carbocycles. The van der Waals surface area contributed by atoms with E-state index in [4.69, 9.17) is 5.73 Å². The maximum absolute atomic E-state index is 11.4. The van der Waals surface area contributed by atoms with Crippen molar-refractivity contribution < 1.29 is 4.79 Å². The summed E-state index contributed by atoms with van der Waals surface area (Å²) in [6, 6.07) is 0. The summed E-state index contributed by atoms with van der Waals surface area (Å²) in [4.78, 5) is 11.4. The van der Waals surface area contributed by atoms with Crippen LogP contribution in [-0.4, -0.2) is 30.5 Å². The molecule has 1 rings (SSSR count). The fraction of sp³-hybridized carbons (Fsp3) is 0.900. The SMILES string of the molecule is CC(CN)C(=O)NCC1CCSCC1. The second-order valence-corrected chi connectivity index (χ2v) is 5.16. The van der Waals surface area contributed by atoms with Gasteiger partial charge in [0.25, 0.3) is 0 Å². The number of amides is 1.